The summed E-state index contributed by atoms with van der Waals surface area (Å²) in [5, 5.41) is 3.66. The predicted octanol–water partition coefficient (Wildman–Crippen LogP) is 5.88. The summed E-state index contributed by atoms with van der Waals surface area (Å²) in [4.78, 5) is 5.24. The number of hydrogen-bond acceptors (Lipinski definition) is 2. The number of nitrogens with one attached hydrogen (secondary N) is 1. The third kappa shape index (κ3) is 3.13. The summed E-state index contributed by atoms with van der Waals surface area (Å²) in [6, 6.07) is 16.6. The van der Waals surface area contributed by atoms with Gasteiger partial charge in [-0.05, 0) is 50.3 Å². The van der Waals surface area contributed by atoms with Crippen LogP contribution in [0.3, 0.4) is 0 Å². The lowest BCUT2D eigenvalue weighted by Gasteiger charge is -2.27. The van der Waals surface area contributed by atoms with Crippen LogP contribution in [0.15, 0.2) is 42.5 Å². The van der Waals surface area contributed by atoms with Gasteiger partial charge < -0.3 is 9.88 Å². The number of hydrogen-bond donors (Lipinski definition) is 1. The number of aryl methyl sites for hydroxylation is 1. The normalized spacial score (nSPS) is 20.4. The minimum atomic E-state index is 0.555. The fourth-order valence-electron chi connectivity index (χ4n) is 5.00. The molecule has 1 fully saturated rings. The Balaban J connectivity index is 1.64. The molecule has 0 spiro atoms. The van der Waals surface area contributed by atoms with Crippen molar-refractivity contribution in [3.63, 3.8) is 0 Å². The minimum Gasteiger partial charge on any atom is -0.382 e. The zero-order chi connectivity index (χ0) is 18.2. The largest absolute Gasteiger partial charge is 0.382 e. The Morgan fingerprint density at radius 3 is 2.63 bits per heavy atom. The monoisotopic (exact) mass is 359 g/mol. The van der Waals surface area contributed by atoms with Crippen molar-refractivity contribution < 1.29 is 0 Å². The van der Waals surface area contributed by atoms with Gasteiger partial charge in [0.1, 0.15) is 5.82 Å². The van der Waals surface area contributed by atoms with E-state index in [2.05, 4.69) is 59.3 Å². The number of anilines is 1. The van der Waals surface area contributed by atoms with Crippen LogP contribution in [-0.2, 0) is 12.8 Å². The molecule has 0 saturated heterocycles. The Bertz CT molecular complexity index is 935. The van der Waals surface area contributed by atoms with Crippen molar-refractivity contribution in [2.45, 2.75) is 70.4 Å². The molecular weight excluding hydrogens is 330 g/mol. The summed E-state index contributed by atoms with van der Waals surface area (Å²) in [6.07, 6.45) is 9.90. The van der Waals surface area contributed by atoms with Crippen LogP contribution in [-0.4, -0.2) is 15.6 Å². The smallest absolute Gasteiger partial charge is 0.114 e. The Morgan fingerprint density at radius 2 is 1.81 bits per heavy atom. The Morgan fingerprint density at radius 1 is 1.00 bits per heavy atom. The lowest BCUT2D eigenvalue weighted by atomic mass is 9.94. The standard InChI is InChI=1S/C24H29N3/c1-17-12-13-20-21(25-17)14-15-22-24(20)26-23(16-18-8-4-2-5-9-18)27(22)19-10-6-3-7-11-19/h2,4-5,8-9,14-15,17,19,25H,3,6-7,10-13,16H2,1H3/t17-/m0/s1. The van der Waals surface area contributed by atoms with Gasteiger partial charge in [-0.1, -0.05) is 49.6 Å². The summed E-state index contributed by atoms with van der Waals surface area (Å²) in [6.45, 7) is 2.27. The third-order valence-corrected chi connectivity index (χ3v) is 6.41. The average Bonchev–Trinajstić information content (AvgIpc) is 3.07. The van der Waals surface area contributed by atoms with E-state index in [0.717, 1.165) is 12.8 Å². The first-order valence-corrected chi connectivity index (χ1v) is 10.6. The van der Waals surface area contributed by atoms with Crippen LogP contribution in [0.1, 0.15) is 68.4 Å². The first-order chi connectivity index (χ1) is 13.3. The fraction of sp³-hybridized carbons (Fsp3) is 0.458. The molecule has 3 nitrogen and oxygen atoms in total. The Labute approximate surface area is 161 Å². The molecule has 1 saturated carbocycles. The highest BCUT2D eigenvalue weighted by Crippen LogP contribution is 2.37. The number of imidazole rings is 1. The number of aromatic nitrogens is 2. The van der Waals surface area contributed by atoms with E-state index in [1.54, 1.807) is 0 Å². The summed E-state index contributed by atoms with van der Waals surface area (Å²) in [5.41, 5.74) is 6.66. The van der Waals surface area contributed by atoms with Crippen LogP contribution in [0.4, 0.5) is 5.69 Å². The molecule has 3 aromatic rings. The van der Waals surface area contributed by atoms with Crippen molar-refractivity contribution in [3.8, 4) is 0 Å². The molecule has 1 aliphatic carbocycles. The lowest BCUT2D eigenvalue weighted by molar-refractivity contribution is 0.353. The summed E-state index contributed by atoms with van der Waals surface area (Å²) in [5.74, 6) is 1.25. The van der Waals surface area contributed by atoms with Gasteiger partial charge >= 0.3 is 0 Å². The van der Waals surface area contributed by atoms with Gasteiger partial charge in [-0.25, -0.2) is 4.98 Å². The van der Waals surface area contributed by atoms with Gasteiger partial charge in [0.05, 0.1) is 11.0 Å². The molecule has 0 bridgehead atoms. The van der Waals surface area contributed by atoms with Crippen LogP contribution in [0.25, 0.3) is 11.0 Å². The SMILES string of the molecule is C[C@H]1CCc2c(ccc3c2nc(Cc2ccccc2)n3C2CCCCC2)N1. The van der Waals surface area contributed by atoms with Gasteiger partial charge in [-0.3, -0.25) is 0 Å². The van der Waals surface area contributed by atoms with Crippen molar-refractivity contribution in [1.29, 1.82) is 0 Å². The maximum Gasteiger partial charge on any atom is 0.114 e. The molecule has 1 aliphatic heterocycles. The molecule has 27 heavy (non-hydrogen) atoms. The average molecular weight is 360 g/mol. The predicted molar refractivity (Wildman–Crippen MR) is 113 cm³/mol. The Hall–Kier alpha value is -2.29. The Kier molecular flexibility index (Phi) is 4.39. The molecule has 140 valence electrons. The zero-order valence-electron chi connectivity index (χ0n) is 16.2. The first-order valence-electron chi connectivity index (χ1n) is 10.6. The van der Waals surface area contributed by atoms with E-state index in [1.807, 2.05) is 0 Å². The maximum atomic E-state index is 5.24. The highest BCUT2D eigenvalue weighted by molar-refractivity contribution is 5.86. The molecule has 0 amide bonds. The number of rotatable bonds is 3. The van der Waals surface area contributed by atoms with E-state index in [0.29, 0.717) is 12.1 Å². The highest BCUT2D eigenvalue weighted by Gasteiger charge is 2.25. The van der Waals surface area contributed by atoms with Crippen LogP contribution in [0.5, 0.6) is 0 Å². The quantitative estimate of drug-likeness (QED) is 0.633. The van der Waals surface area contributed by atoms with E-state index in [1.165, 1.54) is 72.2 Å². The summed E-state index contributed by atoms with van der Waals surface area (Å²) < 4.78 is 2.60. The van der Waals surface area contributed by atoms with E-state index in [4.69, 9.17) is 4.98 Å². The zero-order valence-corrected chi connectivity index (χ0v) is 16.2. The van der Waals surface area contributed by atoms with Crippen molar-refractivity contribution in [1.82, 2.24) is 9.55 Å². The topological polar surface area (TPSA) is 29.9 Å². The molecule has 5 rings (SSSR count). The molecule has 2 heterocycles. The van der Waals surface area contributed by atoms with Crippen molar-refractivity contribution in [2.24, 2.45) is 0 Å². The van der Waals surface area contributed by atoms with Crippen LogP contribution in [0.2, 0.25) is 0 Å². The van der Waals surface area contributed by atoms with E-state index in [9.17, 15) is 0 Å². The molecule has 0 radical (unpaired) electrons. The van der Waals surface area contributed by atoms with Gasteiger partial charge in [0.15, 0.2) is 0 Å². The molecular formula is C24H29N3. The van der Waals surface area contributed by atoms with Crippen LogP contribution in [0, 0.1) is 0 Å². The van der Waals surface area contributed by atoms with E-state index >= 15 is 0 Å². The second kappa shape index (κ2) is 7.03. The first kappa shape index (κ1) is 16.9. The second-order valence-electron chi connectivity index (χ2n) is 8.40. The summed E-state index contributed by atoms with van der Waals surface area (Å²) >= 11 is 0. The number of benzene rings is 2. The second-order valence-corrected chi connectivity index (χ2v) is 8.40. The molecule has 0 unspecified atom stereocenters. The minimum absolute atomic E-state index is 0.555. The van der Waals surface area contributed by atoms with Gasteiger partial charge in [0.2, 0.25) is 0 Å². The number of fused-ring (bicyclic) bond motifs is 3. The van der Waals surface area contributed by atoms with Crippen molar-refractivity contribution in [2.75, 3.05) is 5.32 Å². The molecule has 3 heteroatoms. The van der Waals surface area contributed by atoms with Gasteiger partial charge in [-0.2, -0.15) is 0 Å². The maximum absolute atomic E-state index is 5.24. The molecule has 1 aromatic heterocycles. The van der Waals surface area contributed by atoms with Crippen molar-refractivity contribution in [3.05, 3.63) is 59.4 Å². The van der Waals surface area contributed by atoms with Crippen LogP contribution >= 0.6 is 0 Å². The number of nitrogens with zero attached hydrogens (tertiary/aromatic N) is 2. The molecule has 2 aromatic carbocycles. The van der Waals surface area contributed by atoms with Crippen molar-refractivity contribution >= 4 is 16.7 Å². The molecule has 1 atom stereocenters. The molecule has 2 aliphatic rings. The summed E-state index contributed by atoms with van der Waals surface area (Å²) in [7, 11) is 0. The molecule has 1 N–H and O–H groups in total. The van der Waals surface area contributed by atoms with Gasteiger partial charge in [0, 0.05) is 29.8 Å². The lowest BCUT2D eigenvalue weighted by Crippen LogP contribution is -2.22. The van der Waals surface area contributed by atoms with E-state index in [-0.39, 0.29) is 0 Å². The van der Waals surface area contributed by atoms with Gasteiger partial charge in [-0.15, -0.1) is 0 Å². The van der Waals surface area contributed by atoms with Crippen LogP contribution < -0.4 is 5.32 Å². The third-order valence-electron chi connectivity index (χ3n) is 6.41. The highest BCUT2D eigenvalue weighted by atomic mass is 15.1. The fourth-order valence-corrected chi connectivity index (χ4v) is 5.00. The van der Waals surface area contributed by atoms with E-state index < -0.39 is 0 Å². The van der Waals surface area contributed by atoms with Gasteiger partial charge in [0.25, 0.3) is 0 Å².